The van der Waals surface area contributed by atoms with Gasteiger partial charge in [-0.1, -0.05) is 0 Å². The molecule has 0 aromatic rings. The van der Waals surface area contributed by atoms with E-state index in [-0.39, 0.29) is 17.9 Å². The minimum absolute atomic E-state index is 0.106. The molecular weight excluding hydrogens is 144 g/mol. The first-order chi connectivity index (χ1) is 5.24. The van der Waals surface area contributed by atoms with Gasteiger partial charge in [0.25, 0.3) is 0 Å². The average Bonchev–Trinajstić information content (AvgIpc) is 2.37. The molecule has 1 rings (SSSR count). The molecule has 0 saturated carbocycles. The number of methoxy groups -OCH3 is 1. The van der Waals surface area contributed by atoms with Crippen LogP contribution in [0.5, 0.6) is 0 Å². The first kappa shape index (κ1) is 8.49. The number of carbonyl (C=O) groups is 1. The lowest BCUT2D eigenvalue weighted by Crippen LogP contribution is -2.30. The Morgan fingerprint density at radius 2 is 2.45 bits per heavy atom. The fourth-order valence-corrected chi connectivity index (χ4v) is 1.27. The van der Waals surface area contributed by atoms with Gasteiger partial charge < -0.3 is 15.8 Å². The summed E-state index contributed by atoms with van der Waals surface area (Å²) in [5, 5.41) is 3.12. The van der Waals surface area contributed by atoms with Crippen molar-refractivity contribution in [3.63, 3.8) is 0 Å². The van der Waals surface area contributed by atoms with Crippen molar-refractivity contribution in [3.8, 4) is 0 Å². The summed E-state index contributed by atoms with van der Waals surface area (Å²) in [5.74, 6) is 0.0802. The summed E-state index contributed by atoms with van der Waals surface area (Å²) >= 11 is 0. The van der Waals surface area contributed by atoms with Crippen molar-refractivity contribution < 1.29 is 9.53 Å². The maximum atomic E-state index is 10.8. The maximum absolute atomic E-state index is 10.8. The third-order valence-electron chi connectivity index (χ3n) is 2.05. The van der Waals surface area contributed by atoms with Crippen LogP contribution in [0.15, 0.2) is 0 Å². The van der Waals surface area contributed by atoms with Crippen LogP contribution in [0.2, 0.25) is 0 Å². The van der Waals surface area contributed by atoms with Gasteiger partial charge in [0, 0.05) is 19.1 Å². The highest BCUT2D eigenvalue weighted by molar-refractivity contribution is 5.69. The van der Waals surface area contributed by atoms with E-state index in [9.17, 15) is 4.79 Å². The normalized spacial score (nSPS) is 30.4. The van der Waals surface area contributed by atoms with Gasteiger partial charge in [-0.3, -0.25) is 4.79 Å². The molecule has 0 amide bonds. The highest BCUT2D eigenvalue weighted by Gasteiger charge is 2.25. The fraction of sp³-hybridized carbons (Fsp3) is 0.857. The minimum Gasteiger partial charge on any atom is -0.469 e. The van der Waals surface area contributed by atoms with E-state index in [2.05, 4.69) is 10.1 Å². The Labute approximate surface area is 66.1 Å². The van der Waals surface area contributed by atoms with Gasteiger partial charge in [0.05, 0.1) is 13.5 Å². The summed E-state index contributed by atoms with van der Waals surface area (Å²) < 4.78 is 4.54. The lowest BCUT2D eigenvalue weighted by Gasteiger charge is -2.11. The van der Waals surface area contributed by atoms with Crippen LogP contribution in [-0.4, -0.2) is 32.2 Å². The van der Waals surface area contributed by atoms with Crippen LogP contribution in [0.25, 0.3) is 0 Å². The zero-order valence-electron chi connectivity index (χ0n) is 6.67. The van der Waals surface area contributed by atoms with E-state index in [1.807, 2.05) is 0 Å². The summed E-state index contributed by atoms with van der Waals surface area (Å²) in [4.78, 5) is 10.8. The van der Waals surface area contributed by atoms with Crippen LogP contribution >= 0.6 is 0 Å². The van der Waals surface area contributed by atoms with Gasteiger partial charge in [0.1, 0.15) is 0 Å². The van der Waals surface area contributed by atoms with Gasteiger partial charge >= 0.3 is 5.97 Å². The van der Waals surface area contributed by atoms with Crippen LogP contribution in [0, 0.1) is 5.92 Å². The van der Waals surface area contributed by atoms with Crippen LogP contribution in [0.1, 0.15) is 6.42 Å². The van der Waals surface area contributed by atoms with E-state index in [0.29, 0.717) is 6.42 Å². The molecule has 0 unspecified atom stereocenters. The predicted molar refractivity (Wildman–Crippen MR) is 41.0 cm³/mol. The lowest BCUT2D eigenvalue weighted by atomic mass is 10.0. The number of nitrogens with one attached hydrogen (secondary N) is 1. The van der Waals surface area contributed by atoms with Gasteiger partial charge in [-0.15, -0.1) is 0 Å². The molecule has 0 bridgehead atoms. The Kier molecular flexibility index (Phi) is 2.84. The summed E-state index contributed by atoms with van der Waals surface area (Å²) in [6.07, 6.45) is 0.435. The molecular formula is C7H14N2O2. The van der Waals surface area contributed by atoms with Crippen LogP contribution in [0.4, 0.5) is 0 Å². The average molecular weight is 158 g/mol. The highest BCUT2D eigenvalue weighted by atomic mass is 16.5. The second kappa shape index (κ2) is 3.69. The number of hydrogen-bond donors (Lipinski definition) is 2. The number of rotatable bonds is 2. The molecule has 0 spiro atoms. The molecule has 2 atom stereocenters. The standard InChI is InChI=1S/C7H14N2O2/c1-11-7(10)2-5-3-9-4-6(5)8/h5-6,9H,2-4,8H2,1H3/t5-,6-/m1/s1. The van der Waals surface area contributed by atoms with Gasteiger partial charge in [0.15, 0.2) is 0 Å². The summed E-state index contributed by atoms with van der Waals surface area (Å²) in [6, 6.07) is 0.106. The maximum Gasteiger partial charge on any atom is 0.305 e. The lowest BCUT2D eigenvalue weighted by molar-refractivity contribution is -0.141. The molecule has 1 aliphatic rings. The number of nitrogens with two attached hydrogens (primary N) is 1. The third-order valence-corrected chi connectivity index (χ3v) is 2.05. The molecule has 64 valence electrons. The largest absolute Gasteiger partial charge is 0.469 e. The first-order valence-corrected chi connectivity index (χ1v) is 3.77. The number of carbonyl (C=O) groups excluding carboxylic acids is 1. The first-order valence-electron chi connectivity index (χ1n) is 3.77. The zero-order valence-corrected chi connectivity index (χ0v) is 6.67. The van der Waals surface area contributed by atoms with Crippen molar-refractivity contribution in [3.05, 3.63) is 0 Å². The highest BCUT2D eigenvalue weighted by Crippen LogP contribution is 2.11. The topological polar surface area (TPSA) is 64.3 Å². The van der Waals surface area contributed by atoms with Crippen molar-refractivity contribution in [2.24, 2.45) is 11.7 Å². The number of hydrogen-bond acceptors (Lipinski definition) is 4. The summed E-state index contributed by atoms with van der Waals surface area (Å²) in [6.45, 7) is 1.64. The fourth-order valence-electron chi connectivity index (χ4n) is 1.27. The number of esters is 1. The van der Waals surface area contributed by atoms with E-state index in [1.165, 1.54) is 7.11 Å². The molecule has 4 heteroatoms. The van der Waals surface area contributed by atoms with Gasteiger partial charge in [-0.05, 0) is 5.92 Å². The predicted octanol–water partition coefficient (Wildman–Crippen LogP) is -0.904. The molecule has 0 aromatic carbocycles. The van der Waals surface area contributed by atoms with Crippen LogP contribution in [-0.2, 0) is 9.53 Å². The third kappa shape index (κ3) is 2.17. The minimum atomic E-state index is -0.172. The summed E-state index contributed by atoms with van der Waals surface area (Å²) in [5.41, 5.74) is 5.71. The van der Waals surface area contributed by atoms with Gasteiger partial charge in [-0.25, -0.2) is 0 Å². The van der Waals surface area contributed by atoms with E-state index in [0.717, 1.165) is 13.1 Å². The quantitative estimate of drug-likeness (QED) is 0.511. The Balaban J connectivity index is 2.30. The van der Waals surface area contributed by atoms with E-state index in [4.69, 9.17) is 5.73 Å². The van der Waals surface area contributed by atoms with Gasteiger partial charge in [0.2, 0.25) is 0 Å². The molecule has 0 aliphatic carbocycles. The molecule has 3 N–H and O–H groups in total. The molecule has 1 heterocycles. The van der Waals surface area contributed by atoms with E-state index < -0.39 is 0 Å². The Bertz CT molecular complexity index is 149. The smallest absolute Gasteiger partial charge is 0.305 e. The Hall–Kier alpha value is -0.610. The molecule has 0 radical (unpaired) electrons. The Morgan fingerprint density at radius 1 is 1.73 bits per heavy atom. The Morgan fingerprint density at radius 3 is 2.91 bits per heavy atom. The molecule has 4 nitrogen and oxygen atoms in total. The van der Waals surface area contributed by atoms with Crippen molar-refractivity contribution in [2.75, 3.05) is 20.2 Å². The van der Waals surface area contributed by atoms with Crippen molar-refractivity contribution in [1.29, 1.82) is 0 Å². The molecule has 0 aromatic heterocycles. The SMILES string of the molecule is COC(=O)C[C@@H]1CNC[C@H]1N. The molecule has 1 aliphatic heterocycles. The van der Waals surface area contributed by atoms with E-state index >= 15 is 0 Å². The monoisotopic (exact) mass is 158 g/mol. The van der Waals surface area contributed by atoms with Crippen LogP contribution in [0.3, 0.4) is 0 Å². The van der Waals surface area contributed by atoms with E-state index in [1.54, 1.807) is 0 Å². The van der Waals surface area contributed by atoms with Crippen molar-refractivity contribution in [1.82, 2.24) is 5.32 Å². The van der Waals surface area contributed by atoms with Gasteiger partial charge in [-0.2, -0.15) is 0 Å². The second-order valence-electron chi connectivity index (χ2n) is 2.86. The second-order valence-corrected chi connectivity index (χ2v) is 2.86. The molecule has 11 heavy (non-hydrogen) atoms. The van der Waals surface area contributed by atoms with Crippen molar-refractivity contribution in [2.45, 2.75) is 12.5 Å². The molecule has 1 saturated heterocycles. The number of ether oxygens (including phenoxy) is 1. The zero-order chi connectivity index (χ0) is 8.27. The summed E-state index contributed by atoms with van der Waals surface area (Å²) in [7, 11) is 1.40. The van der Waals surface area contributed by atoms with Crippen molar-refractivity contribution >= 4 is 5.97 Å². The molecule has 1 fully saturated rings. The van der Waals surface area contributed by atoms with Crippen LogP contribution < -0.4 is 11.1 Å².